The molecule has 8 heteroatoms. The van der Waals surface area contributed by atoms with Crippen LogP contribution in [0.3, 0.4) is 0 Å². The Morgan fingerprint density at radius 2 is 2.05 bits per heavy atom. The Morgan fingerprint density at radius 1 is 1.27 bits per heavy atom. The molecule has 1 unspecified atom stereocenters. The number of nitrogens with zero attached hydrogens (tertiary/aromatic N) is 3. The van der Waals surface area contributed by atoms with Gasteiger partial charge in [0, 0.05) is 17.8 Å². The third-order valence-corrected chi connectivity index (χ3v) is 3.62. The van der Waals surface area contributed by atoms with Crippen LogP contribution >= 0.6 is 0 Å². The van der Waals surface area contributed by atoms with E-state index in [1.165, 1.54) is 0 Å². The van der Waals surface area contributed by atoms with E-state index < -0.39 is 11.3 Å². The Morgan fingerprint density at radius 3 is 2.73 bits per heavy atom. The highest BCUT2D eigenvalue weighted by molar-refractivity contribution is 7.77. The van der Waals surface area contributed by atoms with Gasteiger partial charge in [-0.15, -0.1) is 5.10 Å². The van der Waals surface area contributed by atoms with Gasteiger partial charge in [-0.25, -0.2) is 9.40 Å². The lowest BCUT2D eigenvalue weighted by atomic mass is 10.2. The molecule has 0 amide bonds. The SMILES string of the molecule is COc1cccc2c1nnn2-c1ccc(CNS(=O)[O-])cc1. The number of rotatable bonds is 5. The average Bonchev–Trinajstić information content (AvgIpc) is 2.97. The summed E-state index contributed by atoms with van der Waals surface area (Å²) < 4.78 is 30.3. The van der Waals surface area contributed by atoms with E-state index in [4.69, 9.17) is 4.74 Å². The van der Waals surface area contributed by atoms with E-state index >= 15 is 0 Å². The molecule has 1 heterocycles. The first-order chi connectivity index (χ1) is 10.7. The number of fused-ring (bicyclic) bond motifs is 1. The van der Waals surface area contributed by atoms with Gasteiger partial charge in [0.1, 0.15) is 5.75 Å². The third kappa shape index (κ3) is 2.84. The van der Waals surface area contributed by atoms with E-state index in [0.717, 1.165) is 16.8 Å². The van der Waals surface area contributed by atoms with Crippen LogP contribution in [0.2, 0.25) is 0 Å². The van der Waals surface area contributed by atoms with Crippen molar-refractivity contribution in [2.75, 3.05) is 7.11 Å². The molecule has 0 aliphatic heterocycles. The van der Waals surface area contributed by atoms with Gasteiger partial charge in [-0.05, 0) is 29.8 Å². The van der Waals surface area contributed by atoms with Crippen LogP contribution in [0.25, 0.3) is 16.7 Å². The fourth-order valence-electron chi connectivity index (χ4n) is 2.17. The molecule has 114 valence electrons. The fourth-order valence-corrected chi connectivity index (χ4v) is 2.46. The summed E-state index contributed by atoms with van der Waals surface area (Å²) >= 11 is -2.26. The quantitative estimate of drug-likeness (QED) is 0.716. The molecule has 0 radical (unpaired) electrons. The second kappa shape index (κ2) is 6.22. The molecule has 7 nitrogen and oxygen atoms in total. The van der Waals surface area contributed by atoms with Crippen molar-refractivity contribution in [1.29, 1.82) is 0 Å². The van der Waals surface area contributed by atoms with Gasteiger partial charge in [-0.2, -0.15) is 0 Å². The number of aromatic nitrogens is 3. The Labute approximate surface area is 129 Å². The number of ether oxygens (including phenoxy) is 1. The number of nitrogens with one attached hydrogen (secondary N) is 1. The Kier molecular flexibility index (Phi) is 4.14. The van der Waals surface area contributed by atoms with Crippen LogP contribution in [0.15, 0.2) is 42.5 Å². The molecule has 0 bridgehead atoms. The zero-order valence-corrected chi connectivity index (χ0v) is 12.5. The molecule has 1 aromatic heterocycles. The van der Waals surface area contributed by atoms with Crippen molar-refractivity contribution in [1.82, 2.24) is 19.7 Å². The number of methoxy groups -OCH3 is 1. The first-order valence-electron chi connectivity index (χ1n) is 6.49. The Balaban J connectivity index is 1.93. The summed E-state index contributed by atoms with van der Waals surface area (Å²) in [6.07, 6.45) is 0. The topological polar surface area (TPSA) is 92.1 Å². The molecule has 22 heavy (non-hydrogen) atoms. The Bertz CT molecular complexity index is 817. The maximum absolute atomic E-state index is 10.5. The normalized spacial score (nSPS) is 12.5. The minimum Gasteiger partial charge on any atom is -0.760 e. The van der Waals surface area contributed by atoms with Gasteiger partial charge in [-0.1, -0.05) is 23.4 Å². The van der Waals surface area contributed by atoms with Crippen molar-refractivity contribution >= 4 is 22.3 Å². The molecule has 0 spiro atoms. The summed E-state index contributed by atoms with van der Waals surface area (Å²) in [7, 11) is 1.59. The first kappa shape index (κ1) is 14.6. The van der Waals surface area contributed by atoms with Crippen molar-refractivity contribution in [3.63, 3.8) is 0 Å². The number of hydrogen-bond donors (Lipinski definition) is 1. The fraction of sp³-hybridized carbons (Fsp3) is 0.143. The molecule has 0 saturated heterocycles. The summed E-state index contributed by atoms with van der Waals surface area (Å²) in [4.78, 5) is 0. The molecule has 1 N–H and O–H groups in total. The minimum absolute atomic E-state index is 0.252. The standard InChI is InChI=1S/C14H14N4O3S/c1-21-13-4-2-3-12-14(13)16-17-18(12)11-7-5-10(6-8-11)9-15-22(19)20/h2-8,15H,9H2,1H3,(H,19,20)/p-1. The molecular weight excluding hydrogens is 304 g/mol. The van der Waals surface area contributed by atoms with Crippen LogP contribution in [0.4, 0.5) is 0 Å². The summed E-state index contributed by atoms with van der Waals surface area (Å²) in [5.74, 6) is 0.669. The molecular formula is C14H13N4O3S-. The highest BCUT2D eigenvalue weighted by Crippen LogP contribution is 2.24. The summed E-state index contributed by atoms with van der Waals surface area (Å²) in [5, 5.41) is 8.29. The second-order valence-electron chi connectivity index (χ2n) is 4.55. The Hall–Kier alpha value is -2.29. The van der Waals surface area contributed by atoms with E-state index in [2.05, 4.69) is 15.0 Å². The van der Waals surface area contributed by atoms with Crippen molar-refractivity contribution in [3.8, 4) is 11.4 Å². The zero-order valence-electron chi connectivity index (χ0n) is 11.7. The van der Waals surface area contributed by atoms with Crippen LogP contribution < -0.4 is 9.46 Å². The van der Waals surface area contributed by atoms with Gasteiger partial charge >= 0.3 is 0 Å². The van der Waals surface area contributed by atoms with Gasteiger partial charge in [-0.3, -0.25) is 4.21 Å². The molecule has 2 aromatic carbocycles. The maximum atomic E-state index is 10.5. The predicted molar refractivity (Wildman–Crippen MR) is 81.2 cm³/mol. The lowest BCUT2D eigenvalue weighted by Gasteiger charge is -2.08. The molecule has 3 rings (SSSR count). The molecule has 0 aliphatic carbocycles. The highest BCUT2D eigenvalue weighted by atomic mass is 32.2. The molecule has 1 atom stereocenters. The average molecular weight is 317 g/mol. The molecule has 3 aromatic rings. The highest BCUT2D eigenvalue weighted by Gasteiger charge is 2.10. The maximum Gasteiger partial charge on any atom is 0.155 e. The van der Waals surface area contributed by atoms with Crippen LogP contribution in [-0.2, 0) is 17.8 Å². The van der Waals surface area contributed by atoms with Crippen LogP contribution in [0.1, 0.15) is 5.56 Å². The second-order valence-corrected chi connectivity index (χ2v) is 5.31. The molecule has 0 saturated carbocycles. The van der Waals surface area contributed by atoms with Gasteiger partial charge in [0.15, 0.2) is 5.52 Å². The minimum atomic E-state index is -2.26. The van der Waals surface area contributed by atoms with E-state index in [1.54, 1.807) is 11.8 Å². The van der Waals surface area contributed by atoms with Crippen molar-refractivity contribution in [2.45, 2.75) is 6.54 Å². The van der Waals surface area contributed by atoms with Gasteiger partial charge in [0.25, 0.3) is 0 Å². The van der Waals surface area contributed by atoms with Crippen LogP contribution in [-0.4, -0.2) is 30.9 Å². The van der Waals surface area contributed by atoms with Gasteiger partial charge in [0.05, 0.1) is 18.3 Å². The predicted octanol–water partition coefficient (Wildman–Crippen LogP) is 1.31. The van der Waals surface area contributed by atoms with Crippen LogP contribution in [0, 0.1) is 0 Å². The summed E-state index contributed by atoms with van der Waals surface area (Å²) in [5.41, 5.74) is 3.22. The lowest BCUT2D eigenvalue weighted by Crippen LogP contribution is -2.15. The smallest absolute Gasteiger partial charge is 0.155 e. The summed E-state index contributed by atoms with van der Waals surface area (Å²) in [6.45, 7) is 0.252. The number of hydrogen-bond acceptors (Lipinski definition) is 5. The van der Waals surface area contributed by atoms with E-state index in [-0.39, 0.29) is 6.54 Å². The van der Waals surface area contributed by atoms with Gasteiger partial charge in [0.2, 0.25) is 0 Å². The van der Waals surface area contributed by atoms with E-state index in [1.807, 2.05) is 42.5 Å². The number of benzene rings is 2. The van der Waals surface area contributed by atoms with Crippen molar-refractivity contribution in [3.05, 3.63) is 48.0 Å². The third-order valence-electron chi connectivity index (χ3n) is 3.24. The lowest BCUT2D eigenvalue weighted by molar-refractivity contribution is 0.419. The van der Waals surface area contributed by atoms with Crippen molar-refractivity contribution < 1.29 is 13.5 Å². The van der Waals surface area contributed by atoms with E-state index in [9.17, 15) is 8.76 Å². The van der Waals surface area contributed by atoms with Crippen molar-refractivity contribution in [2.24, 2.45) is 0 Å². The molecule has 0 fully saturated rings. The zero-order chi connectivity index (χ0) is 15.5. The summed E-state index contributed by atoms with van der Waals surface area (Å²) in [6, 6.07) is 13.0. The monoisotopic (exact) mass is 317 g/mol. The van der Waals surface area contributed by atoms with Crippen LogP contribution in [0.5, 0.6) is 5.75 Å². The van der Waals surface area contributed by atoms with Gasteiger partial charge < -0.3 is 9.29 Å². The largest absolute Gasteiger partial charge is 0.760 e. The molecule has 0 aliphatic rings. The first-order valence-corrected chi connectivity index (χ1v) is 7.57. The van der Waals surface area contributed by atoms with E-state index in [0.29, 0.717) is 11.3 Å².